The number of amides is 2. The van der Waals surface area contributed by atoms with Gasteiger partial charge in [-0.3, -0.25) is 0 Å². The highest BCUT2D eigenvalue weighted by Gasteiger charge is 2.23. The summed E-state index contributed by atoms with van der Waals surface area (Å²) in [6.07, 6.45) is 3.46. The van der Waals surface area contributed by atoms with E-state index in [0.717, 1.165) is 24.9 Å². The Labute approximate surface area is 122 Å². The van der Waals surface area contributed by atoms with Crippen LogP contribution in [0.3, 0.4) is 0 Å². The summed E-state index contributed by atoms with van der Waals surface area (Å²) in [6, 6.07) is 2.93. The lowest BCUT2D eigenvalue weighted by Crippen LogP contribution is -2.47. The van der Waals surface area contributed by atoms with Crippen molar-refractivity contribution in [3.05, 3.63) is 29.6 Å². The second-order valence-corrected chi connectivity index (χ2v) is 4.96. The van der Waals surface area contributed by atoms with Gasteiger partial charge in [0.2, 0.25) is 0 Å². The molecule has 0 spiro atoms. The minimum Gasteiger partial charge on any atom is -0.477 e. The Morgan fingerprint density at radius 3 is 2.95 bits per heavy atom. The zero-order valence-electron chi connectivity index (χ0n) is 11.9. The molecule has 1 aliphatic rings. The summed E-state index contributed by atoms with van der Waals surface area (Å²) in [5, 5.41) is 11.6. The lowest BCUT2D eigenvalue weighted by molar-refractivity contribution is 0.0434. The molecule has 1 aromatic rings. The van der Waals surface area contributed by atoms with Gasteiger partial charge in [-0.2, -0.15) is 0 Å². The largest absolute Gasteiger partial charge is 0.477 e. The Morgan fingerprint density at radius 1 is 1.52 bits per heavy atom. The number of carbonyl (C=O) groups excluding carboxylic acids is 1. The van der Waals surface area contributed by atoms with E-state index in [9.17, 15) is 9.59 Å². The summed E-state index contributed by atoms with van der Waals surface area (Å²) in [4.78, 5) is 28.3. The molecule has 1 unspecified atom stereocenters. The quantitative estimate of drug-likeness (QED) is 0.867. The number of aromatic nitrogens is 1. The summed E-state index contributed by atoms with van der Waals surface area (Å²) in [6.45, 7) is 1.64. The van der Waals surface area contributed by atoms with E-state index in [2.05, 4.69) is 10.3 Å². The number of rotatable bonds is 4. The highest BCUT2D eigenvalue weighted by molar-refractivity contribution is 5.85. The lowest BCUT2D eigenvalue weighted by Gasteiger charge is -2.31. The first kappa shape index (κ1) is 15.2. The monoisotopic (exact) mass is 293 g/mol. The highest BCUT2D eigenvalue weighted by Crippen LogP contribution is 2.12. The number of piperidine rings is 1. The van der Waals surface area contributed by atoms with Crippen LogP contribution in [-0.2, 0) is 11.3 Å². The van der Waals surface area contributed by atoms with Gasteiger partial charge < -0.3 is 20.1 Å². The molecule has 1 atom stereocenters. The number of nitrogens with zero attached hydrogens (tertiary/aromatic N) is 2. The molecule has 2 heterocycles. The average Bonchev–Trinajstić information content (AvgIpc) is 2.53. The van der Waals surface area contributed by atoms with Crippen molar-refractivity contribution < 1.29 is 19.4 Å². The topological polar surface area (TPSA) is 91.8 Å². The van der Waals surface area contributed by atoms with E-state index in [-0.39, 0.29) is 17.8 Å². The van der Waals surface area contributed by atoms with Crippen molar-refractivity contribution in [2.24, 2.45) is 0 Å². The molecule has 0 radical (unpaired) electrons. The van der Waals surface area contributed by atoms with E-state index < -0.39 is 5.97 Å². The first-order chi connectivity index (χ1) is 10.1. The van der Waals surface area contributed by atoms with E-state index in [4.69, 9.17) is 9.84 Å². The lowest BCUT2D eigenvalue weighted by atomic mass is 10.1. The second-order valence-electron chi connectivity index (χ2n) is 4.96. The molecule has 0 bridgehead atoms. The summed E-state index contributed by atoms with van der Waals surface area (Å²) >= 11 is 0. The second kappa shape index (κ2) is 7.03. The normalized spacial score (nSPS) is 18.3. The molecule has 1 aliphatic heterocycles. The van der Waals surface area contributed by atoms with Gasteiger partial charge in [0, 0.05) is 32.9 Å². The van der Waals surface area contributed by atoms with Gasteiger partial charge in [-0.25, -0.2) is 14.6 Å². The standard InChI is InChI=1S/C14H19N3O4/c1-21-11-3-2-6-17(9-11)14(20)16-8-10-4-5-12(13(18)19)15-7-10/h4-5,7,11H,2-3,6,8-9H2,1H3,(H,16,20)(H,18,19). The molecular formula is C14H19N3O4. The van der Waals surface area contributed by atoms with Gasteiger partial charge in [0.15, 0.2) is 0 Å². The minimum atomic E-state index is -1.07. The van der Waals surface area contributed by atoms with Gasteiger partial charge in [0.1, 0.15) is 5.69 Å². The number of carboxylic acid groups (broad SMARTS) is 1. The molecular weight excluding hydrogens is 274 g/mol. The van der Waals surface area contributed by atoms with Gasteiger partial charge >= 0.3 is 12.0 Å². The molecule has 2 amide bonds. The zero-order valence-corrected chi connectivity index (χ0v) is 11.9. The van der Waals surface area contributed by atoms with E-state index in [1.165, 1.54) is 12.3 Å². The van der Waals surface area contributed by atoms with Crippen LogP contribution in [-0.4, -0.2) is 53.3 Å². The van der Waals surface area contributed by atoms with Crippen molar-refractivity contribution in [3.63, 3.8) is 0 Å². The third kappa shape index (κ3) is 4.16. The molecule has 0 saturated carbocycles. The Hall–Kier alpha value is -2.15. The summed E-state index contributed by atoms with van der Waals surface area (Å²) in [5.41, 5.74) is 0.748. The number of carboxylic acids is 1. The molecule has 1 fully saturated rings. The molecule has 2 N–H and O–H groups in total. The molecule has 7 nitrogen and oxygen atoms in total. The SMILES string of the molecule is COC1CCCN(C(=O)NCc2ccc(C(=O)O)nc2)C1. The summed E-state index contributed by atoms with van der Waals surface area (Å²) in [7, 11) is 1.65. The number of hydrogen-bond donors (Lipinski definition) is 2. The average molecular weight is 293 g/mol. The number of nitrogens with one attached hydrogen (secondary N) is 1. The Morgan fingerprint density at radius 2 is 2.33 bits per heavy atom. The Kier molecular flexibility index (Phi) is 5.10. The van der Waals surface area contributed by atoms with Crippen LogP contribution in [0.5, 0.6) is 0 Å². The predicted molar refractivity (Wildman–Crippen MR) is 75.0 cm³/mol. The fraction of sp³-hybridized carbons (Fsp3) is 0.500. The van der Waals surface area contributed by atoms with Crippen LogP contribution in [0.25, 0.3) is 0 Å². The maximum Gasteiger partial charge on any atom is 0.354 e. The van der Waals surface area contributed by atoms with Gasteiger partial charge in [0.05, 0.1) is 6.10 Å². The summed E-state index contributed by atoms with van der Waals surface area (Å²) in [5.74, 6) is -1.07. The third-order valence-corrected chi connectivity index (χ3v) is 3.49. The number of ether oxygens (including phenoxy) is 1. The molecule has 1 saturated heterocycles. The van der Waals surface area contributed by atoms with Crippen LogP contribution in [0.15, 0.2) is 18.3 Å². The Bertz CT molecular complexity index is 503. The number of carbonyl (C=O) groups is 2. The van der Waals surface area contributed by atoms with Crippen molar-refractivity contribution >= 4 is 12.0 Å². The van der Waals surface area contributed by atoms with E-state index in [0.29, 0.717) is 13.1 Å². The third-order valence-electron chi connectivity index (χ3n) is 3.49. The van der Waals surface area contributed by atoms with Gasteiger partial charge in [-0.15, -0.1) is 0 Å². The number of aromatic carboxylic acids is 1. The summed E-state index contributed by atoms with van der Waals surface area (Å²) < 4.78 is 5.28. The fourth-order valence-corrected chi connectivity index (χ4v) is 2.26. The molecule has 7 heteroatoms. The van der Waals surface area contributed by atoms with Crippen LogP contribution in [0, 0.1) is 0 Å². The smallest absolute Gasteiger partial charge is 0.354 e. The molecule has 2 rings (SSSR count). The number of pyridine rings is 1. The number of urea groups is 1. The number of hydrogen-bond acceptors (Lipinski definition) is 4. The first-order valence-corrected chi connectivity index (χ1v) is 6.84. The maximum absolute atomic E-state index is 12.1. The molecule has 0 aromatic carbocycles. The van der Waals surface area contributed by atoms with Crippen molar-refractivity contribution in [2.45, 2.75) is 25.5 Å². The molecule has 114 valence electrons. The predicted octanol–water partition coefficient (Wildman–Crippen LogP) is 1.10. The number of methoxy groups -OCH3 is 1. The molecule has 21 heavy (non-hydrogen) atoms. The van der Waals surface area contributed by atoms with Crippen LogP contribution < -0.4 is 5.32 Å². The molecule has 0 aliphatic carbocycles. The number of likely N-dealkylation sites (tertiary alicyclic amines) is 1. The Balaban J connectivity index is 1.84. The van der Waals surface area contributed by atoms with Crippen LogP contribution in [0.2, 0.25) is 0 Å². The van der Waals surface area contributed by atoms with Gasteiger partial charge in [-0.05, 0) is 24.5 Å². The van der Waals surface area contributed by atoms with Crippen LogP contribution in [0.1, 0.15) is 28.9 Å². The maximum atomic E-state index is 12.1. The minimum absolute atomic E-state index is 0.0101. The first-order valence-electron chi connectivity index (χ1n) is 6.84. The van der Waals surface area contributed by atoms with Crippen molar-refractivity contribution in [1.82, 2.24) is 15.2 Å². The van der Waals surface area contributed by atoms with Crippen LogP contribution in [0.4, 0.5) is 4.79 Å². The van der Waals surface area contributed by atoms with E-state index in [1.807, 2.05) is 0 Å². The highest BCUT2D eigenvalue weighted by atomic mass is 16.5. The van der Waals surface area contributed by atoms with Crippen molar-refractivity contribution in [1.29, 1.82) is 0 Å². The molecule has 1 aromatic heterocycles. The zero-order chi connectivity index (χ0) is 15.2. The van der Waals surface area contributed by atoms with Gasteiger partial charge in [-0.1, -0.05) is 6.07 Å². The van der Waals surface area contributed by atoms with E-state index >= 15 is 0 Å². The van der Waals surface area contributed by atoms with Crippen molar-refractivity contribution in [2.75, 3.05) is 20.2 Å². The van der Waals surface area contributed by atoms with Gasteiger partial charge in [0.25, 0.3) is 0 Å². The van der Waals surface area contributed by atoms with Crippen molar-refractivity contribution in [3.8, 4) is 0 Å². The van der Waals surface area contributed by atoms with E-state index in [1.54, 1.807) is 18.1 Å². The van der Waals surface area contributed by atoms with Crippen LogP contribution >= 0.6 is 0 Å². The fourth-order valence-electron chi connectivity index (χ4n) is 2.26.